The summed E-state index contributed by atoms with van der Waals surface area (Å²) >= 11 is 0. The zero-order valence-corrected chi connectivity index (χ0v) is 23.1. The van der Waals surface area contributed by atoms with E-state index in [-0.39, 0.29) is 0 Å². The molecule has 0 spiro atoms. The summed E-state index contributed by atoms with van der Waals surface area (Å²) in [5.74, 6) is 0. The number of nitrogens with zero attached hydrogens (tertiary/aromatic N) is 1. The summed E-state index contributed by atoms with van der Waals surface area (Å²) in [6.07, 6.45) is 0. The van der Waals surface area contributed by atoms with Crippen molar-refractivity contribution >= 4 is 21.8 Å². The molecule has 0 fully saturated rings. The molecule has 0 saturated heterocycles. The first-order chi connectivity index (χ1) is 19.5. The summed E-state index contributed by atoms with van der Waals surface area (Å²) in [6, 6.07) is 49.1. The van der Waals surface area contributed by atoms with Gasteiger partial charge in [-0.3, -0.25) is 0 Å². The van der Waals surface area contributed by atoms with E-state index in [0.717, 1.165) is 0 Å². The maximum absolute atomic E-state index is 2.40. The fourth-order valence-corrected chi connectivity index (χ4v) is 5.70. The molecule has 0 aliphatic rings. The molecule has 0 bridgehead atoms. The summed E-state index contributed by atoms with van der Waals surface area (Å²) in [5, 5.41) is 2.54. The molecule has 6 aromatic carbocycles. The first-order valence-corrected chi connectivity index (χ1v) is 13.9. The van der Waals surface area contributed by atoms with Gasteiger partial charge in [0, 0.05) is 16.5 Å². The molecule has 0 unspecified atom stereocenters. The fourth-order valence-electron chi connectivity index (χ4n) is 5.70. The molecule has 1 aromatic heterocycles. The minimum Gasteiger partial charge on any atom is -0.309 e. The Hall–Kier alpha value is -4.88. The number of rotatable bonds is 4. The third-order valence-corrected chi connectivity index (χ3v) is 8.05. The maximum Gasteiger partial charge on any atom is 0.0541 e. The Morgan fingerprint density at radius 2 is 0.625 bits per heavy atom. The molecule has 0 N–H and O–H groups in total. The molecule has 0 aliphatic heterocycles. The van der Waals surface area contributed by atoms with Crippen LogP contribution in [0.4, 0.5) is 0 Å². The summed E-state index contributed by atoms with van der Waals surface area (Å²) < 4.78 is 2.40. The van der Waals surface area contributed by atoms with Gasteiger partial charge in [-0.25, -0.2) is 0 Å². The molecule has 192 valence electrons. The third-order valence-electron chi connectivity index (χ3n) is 8.05. The molecule has 0 saturated carbocycles. The Balaban J connectivity index is 1.42. The second-order valence-electron chi connectivity index (χ2n) is 10.9. The minimum absolute atomic E-state index is 1.17. The van der Waals surface area contributed by atoms with Crippen LogP contribution in [0.2, 0.25) is 0 Å². The van der Waals surface area contributed by atoms with Gasteiger partial charge in [0.2, 0.25) is 0 Å². The highest BCUT2D eigenvalue weighted by Gasteiger charge is 2.15. The number of fused-ring (bicyclic) bond motifs is 3. The van der Waals surface area contributed by atoms with Gasteiger partial charge in [0.15, 0.2) is 0 Å². The zero-order chi connectivity index (χ0) is 27.2. The fraction of sp³-hybridized carbons (Fsp3) is 0.0769. The van der Waals surface area contributed by atoms with Gasteiger partial charge >= 0.3 is 0 Å². The molecule has 0 amide bonds. The molecule has 1 nitrogen and oxygen atoms in total. The normalized spacial score (nSPS) is 11.4. The SMILES string of the molecule is Cc1ccc(-c2ccc(-n3c4ccc(-c5ccc(C)cc5)cc4c4cc(-c5ccc(C)cc5)ccc43)cc2)cc1. The quantitative estimate of drug-likeness (QED) is 0.221. The topological polar surface area (TPSA) is 4.93 Å². The van der Waals surface area contributed by atoms with E-state index in [1.54, 1.807) is 0 Å². The predicted molar refractivity (Wildman–Crippen MR) is 171 cm³/mol. The molecule has 1 heteroatoms. The van der Waals surface area contributed by atoms with Crippen molar-refractivity contribution in [2.45, 2.75) is 20.8 Å². The number of aromatic nitrogens is 1. The van der Waals surface area contributed by atoms with Crippen LogP contribution in [0.25, 0.3) is 60.9 Å². The van der Waals surface area contributed by atoms with Gasteiger partial charge < -0.3 is 4.57 Å². The van der Waals surface area contributed by atoms with Gasteiger partial charge in [-0.1, -0.05) is 114 Å². The van der Waals surface area contributed by atoms with Crippen LogP contribution < -0.4 is 0 Å². The summed E-state index contributed by atoms with van der Waals surface area (Å²) in [7, 11) is 0. The van der Waals surface area contributed by atoms with E-state index in [9.17, 15) is 0 Å². The lowest BCUT2D eigenvalue weighted by molar-refractivity contribution is 1.18. The standard InChI is InChI=1S/C39H31N/c1-26-4-10-29(11-5-26)30-16-20-35(21-17-30)40-38-22-18-33(31-12-6-27(2)7-13-31)24-36(38)37-25-34(19-23-39(37)40)32-14-8-28(3)9-15-32/h4-25H,1-3H3. The highest BCUT2D eigenvalue weighted by atomic mass is 15.0. The van der Waals surface area contributed by atoms with E-state index in [0.29, 0.717) is 0 Å². The molecule has 7 rings (SSSR count). The van der Waals surface area contributed by atoms with Gasteiger partial charge in [0.05, 0.1) is 11.0 Å². The molecular weight excluding hydrogens is 482 g/mol. The molecule has 0 atom stereocenters. The van der Waals surface area contributed by atoms with Crippen LogP contribution in [0, 0.1) is 20.8 Å². The lowest BCUT2D eigenvalue weighted by Crippen LogP contribution is -1.94. The molecular formula is C39H31N. The second kappa shape index (κ2) is 9.70. The molecule has 7 aromatic rings. The van der Waals surface area contributed by atoms with Gasteiger partial charge in [-0.15, -0.1) is 0 Å². The van der Waals surface area contributed by atoms with Crippen molar-refractivity contribution in [3.05, 3.63) is 150 Å². The lowest BCUT2D eigenvalue weighted by atomic mass is 9.99. The zero-order valence-electron chi connectivity index (χ0n) is 23.1. The van der Waals surface area contributed by atoms with Crippen molar-refractivity contribution < 1.29 is 0 Å². The van der Waals surface area contributed by atoms with Crippen molar-refractivity contribution in [1.29, 1.82) is 0 Å². The van der Waals surface area contributed by atoms with Crippen LogP contribution in [0.15, 0.2) is 133 Å². The van der Waals surface area contributed by atoms with Crippen LogP contribution in [-0.2, 0) is 0 Å². The Morgan fingerprint density at radius 3 is 1.00 bits per heavy atom. The summed E-state index contributed by atoms with van der Waals surface area (Å²) in [6.45, 7) is 6.40. The highest BCUT2D eigenvalue weighted by molar-refractivity contribution is 6.11. The van der Waals surface area contributed by atoms with Crippen LogP contribution in [0.3, 0.4) is 0 Å². The Bertz CT molecular complexity index is 1870. The van der Waals surface area contributed by atoms with Crippen LogP contribution >= 0.6 is 0 Å². The number of aryl methyl sites for hydroxylation is 3. The molecule has 1 heterocycles. The first-order valence-electron chi connectivity index (χ1n) is 13.9. The Kier molecular flexibility index (Phi) is 5.86. The smallest absolute Gasteiger partial charge is 0.0541 e. The first kappa shape index (κ1) is 24.2. The number of hydrogen-bond acceptors (Lipinski definition) is 0. The van der Waals surface area contributed by atoms with Gasteiger partial charge in [0.1, 0.15) is 0 Å². The van der Waals surface area contributed by atoms with Crippen molar-refractivity contribution in [3.8, 4) is 39.1 Å². The van der Waals surface area contributed by atoms with Gasteiger partial charge in [-0.2, -0.15) is 0 Å². The summed E-state index contributed by atoms with van der Waals surface area (Å²) in [4.78, 5) is 0. The largest absolute Gasteiger partial charge is 0.309 e. The van der Waals surface area contributed by atoms with Crippen molar-refractivity contribution in [2.24, 2.45) is 0 Å². The van der Waals surface area contributed by atoms with Gasteiger partial charge in [0.25, 0.3) is 0 Å². The van der Waals surface area contributed by atoms with E-state index < -0.39 is 0 Å². The van der Waals surface area contributed by atoms with E-state index in [1.165, 1.54) is 77.6 Å². The lowest BCUT2D eigenvalue weighted by Gasteiger charge is -2.10. The molecule has 0 radical (unpaired) electrons. The Morgan fingerprint density at radius 1 is 0.325 bits per heavy atom. The number of hydrogen-bond donors (Lipinski definition) is 0. The highest BCUT2D eigenvalue weighted by Crippen LogP contribution is 2.37. The monoisotopic (exact) mass is 513 g/mol. The average molecular weight is 514 g/mol. The molecule has 0 aliphatic carbocycles. The van der Waals surface area contributed by atoms with Crippen LogP contribution in [-0.4, -0.2) is 4.57 Å². The van der Waals surface area contributed by atoms with Crippen molar-refractivity contribution in [2.75, 3.05) is 0 Å². The van der Waals surface area contributed by atoms with Crippen molar-refractivity contribution in [3.63, 3.8) is 0 Å². The van der Waals surface area contributed by atoms with E-state index in [4.69, 9.17) is 0 Å². The average Bonchev–Trinajstić information content (AvgIpc) is 3.31. The third kappa shape index (κ3) is 4.30. The van der Waals surface area contributed by atoms with Gasteiger partial charge in [-0.05, 0) is 90.6 Å². The van der Waals surface area contributed by atoms with Crippen molar-refractivity contribution in [1.82, 2.24) is 4.57 Å². The van der Waals surface area contributed by atoms with Crippen LogP contribution in [0.1, 0.15) is 16.7 Å². The van der Waals surface area contributed by atoms with E-state index >= 15 is 0 Å². The maximum atomic E-state index is 2.40. The molecule has 40 heavy (non-hydrogen) atoms. The number of benzene rings is 6. The Labute approximate surface area is 236 Å². The summed E-state index contributed by atoms with van der Waals surface area (Å²) in [5.41, 5.74) is 14.9. The van der Waals surface area contributed by atoms with Crippen LogP contribution in [0.5, 0.6) is 0 Å². The van der Waals surface area contributed by atoms with E-state index in [2.05, 4.69) is 159 Å². The minimum atomic E-state index is 1.17. The second-order valence-corrected chi connectivity index (χ2v) is 10.9. The predicted octanol–water partition coefficient (Wildman–Crippen LogP) is 10.7. The van der Waals surface area contributed by atoms with E-state index in [1.807, 2.05) is 0 Å².